The molecule has 0 saturated heterocycles. The Hall–Kier alpha value is -1.29. The molecule has 0 amide bonds. The standard InChI is InChI=1S/C12H14ClN3O/c1-7(8-3-4-8)17-10-5-9(13)11-12(15-10)16(2)6-14-11/h5-8H,3-4H2,1-2H3. The van der Waals surface area contributed by atoms with Gasteiger partial charge >= 0.3 is 0 Å². The number of imidazole rings is 1. The zero-order valence-corrected chi connectivity index (χ0v) is 10.6. The van der Waals surface area contributed by atoms with Crippen LogP contribution in [-0.2, 0) is 7.05 Å². The van der Waals surface area contributed by atoms with Crippen molar-refractivity contribution < 1.29 is 4.74 Å². The first-order valence-corrected chi connectivity index (χ1v) is 6.17. The lowest BCUT2D eigenvalue weighted by molar-refractivity contribution is 0.190. The lowest BCUT2D eigenvalue weighted by Gasteiger charge is -2.13. The van der Waals surface area contributed by atoms with Gasteiger partial charge in [0.2, 0.25) is 5.88 Å². The van der Waals surface area contributed by atoms with Gasteiger partial charge in [-0.2, -0.15) is 4.98 Å². The van der Waals surface area contributed by atoms with Gasteiger partial charge in [0.05, 0.1) is 11.3 Å². The number of rotatable bonds is 3. The summed E-state index contributed by atoms with van der Waals surface area (Å²) in [4.78, 5) is 8.64. The van der Waals surface area contributed by atoms with Gasteiger partial charge in [0, 0.05) is 13.1 Å². The number of hydrogen-bond donors (Lipinski definition) is 0. The molecule has 4 nitrogen and oxygen atoms in total. The van der Waals surface area contributed by atoms with Crippen LogP contribution in [0.4, 0.5) is 0 Å². The van der Waals surface area contributed by atoms with Crippen LogP contribution in [0.3, 0.4) is 0 Å². The molecule has 1 saturated carbocycles. The number of aromatic nitrogens is 3. The van der Waals surface area contributed by atoms with Gasteiger partial charge in [0.15, 0.2) is 5.65 Å². The third-order valence-electron chi connectivity index (χ3n) is 3.19. The summed E-state index contributed by atoms with van der Waals surface area (Å²) in [5.74, 6) is 1.27. The van der Waals surface area contributed by atoms with Gasteiger partial charge in [-0.25, -0.2) is 4.98 Å². The normalized spacial score (nSPS) is 17.4. The molecular weight excluding hydrogens is 238 g/mol. The van der Waals surface area contributed by atoms with Gasteiger partial charge in [-0.3, -0.25) is 0 Å². The Morgan fingerprint density at radius 1 is 1.53 bits per heavy atom. The summed E-state index contributed by atoms with van der Waals surface area (Å²) in [7, 11) is 1.90. The van der Waals surface area contributed by atoms with E-state index in [0.717, 1.165) is 11.2 Å². The van der Waals surface area contributed by atoms with Crippen molar-refractivity contribution in [1.82, 2.24) is 14.5 Å². The predicted octanol–water partition coefficient (Wildman–Crippen LogP) is 2.80. The number of hydrogen-bond acceptors (Lipinski definition) is 3. The summed E-state index contributed by atoms with van der Waals surface area (Å²) in [5.41, 5.74) is 1.48. The Bertz CT molecular complexity index is 562. The molecule has 0 spiro atoms. The molecular formula is C12H14ClN3O. The summed E-state index contributed by atoms with van der Waals surface area (Å²) in [6.45, 7) is 2.08. The second kappa shape index (κ2) is 3.88. The van der Waals surface area contributed by atoms with Crippen LogP contribution in [-0.4, -0.2) is 20.6 Å². The topological polar surface area (TPSA) is 39.9 Å². The number of pyridine rings is 1. The molecule has 1 aliphatic rings. The van der Waals surface area contributed by atoms with Crippen molar-refractivity contribution in [3.63, 3.8) is 0 Å². The summed E-state index contributed by atoms with van der Waals surface area (Å²) in [6, 6.07) is 1.75. The van der Waals surface area contributed by atoms with E-state index in [0.29, 0.717) is 16.8 Å². The molecule has 0 aromatic carbocycles. The molecule has 1 atom stereocenters. The smallest absolute Gasteiger partial charge is 0.217 e. The van der Waals surface area contributed by atoms with Crippen LogP contribution in [0.1, 0.15) is 19.8 Å². The molecule has 90 valence electrons. The number of fused-ring (bicyclic) bond motifs is 1. The van der Waals surface area contributed by atoms with Crippen molar-refractivity contribution in [1.29, 1.82) is 0 Å². The maximum Gasteiger partial charge on any atom is 0.217 e. The Morgan fingerprint density at radius 3 is 3.00 bits per heavy atom. The Morgan fingerprint density at radius 2 is 2.29 bits per heavy atom. The van der Waals surface area contributed by atoms with Gasteiger partial charge < -0.3 is 9.30 Å². The van der Waals surface area contributed by atoms with E-state index in [1.54, 1.807) is 12.4 Å². The molecule has 0 aliphatic heterocycles. The fourth-order valence-corrected chi connectivity index (χ4v) is 2.18. The fourth-order valence-electron chi connectivity index (χ4n) is 1.95. The largest absolute Gasteiger partial charge is 0.474 e. The van der Waals surface area contributed by atoms with E-state index < -0.39 is 0 Å². The molecule has 0 bridgehead atoms. The number of aryl methyl sites for hydroxylation is 1. The highest BCUT2D eigenvalue weighted by Crippen LogP contribution is 2.35. The van der Waals surface area contributed by atoms with Crippen LogP contribution in [0.2, 0.25) is 5.02 Å². The predicted molar refractivity (Wildman–Crippen MR) is 66.3 cm³/mol. The molecule has 0 N–H and O–H groups in total. The first kappa shape index (κ1) is 10.8. The van der Waals surface area contributed by atoms with Crippen molar-refractivity contribution in [3.8, 4) is 5.88 Å². The molecule has 1 aliphatic carbocycles. The summed E-state index contributed by atoms with van der Waals surface area (Å²) < 4.78 is 7.66. The van der Waals surface area contributed by atoms with Crippen LogP contribution in [0.15, 0.2) is 12.4 Å². The van der Waals surface area contributed by atoms with E-state index in [2.05, 4.69) is 16.9 Å². The third kappa shape index (κ3) is 1.97. The van der Waals surface area contributed by atoms with E-state index in [9.17, 15) is 0 Å². The highest BCUT2D eigenvalue weighted by atomic mass is 35.5. The Balaban J connectivity index is 1.96. The second-order valence-electron chi connectivity index (χ2n) is 4.63. The highest BCUT2D eigenvalue weighted by Gasteiger charge is 2.29. The molecule has 2 aromatic heterocycles. The minimum absolute atomic E-state index is 0.212. The monoisotopic (exact) mass is 251 g/mol. The number of nitrogens with zero attached hydrogens (tertiary/aromatic N) is 3. The average molecular weight is 252 g/mol. The minimum Gasteiger partial charge on any atom is -0.474 e. The van der Waals surface area contributed by atoms with Crippen molar-refractivity contribution in [2.45, 2.75) is 25.9 Å². The number of halogens is 1. The maximum absolute atomic E-state index is 6.16. The van der Waals surface area contributed by atoms with Crippen LogP contribution >= 0.6 is 11.6 Å². The first-order chi connectivity index (χ1) is 8.15. The zero-order chi connectivity index (χ0) is 12.0. The lowest BCUT2D eigenvalue weighted by Crippen LogP contribution is -2.14. The molecule has 2 heterocycles. The summed E-state index contributed by atoms with van der Waals surface area (Å²) in [6.07, 6.45) is 4.42. The molecule has 0 radical (unpaired) electrons. The molecule has 17 heavy (non-hydrogen) atoms. The molecule has 1 fully saturated rings. The van der Waals surface area contributed by atoms with Crippen molar-refractivity contribution in [2.24, 2.45) is 13.0 Å². The summed E-state index contributed by atoms with van der Waals surface area (Å²) >= 11 is 6.16. The summed E-state index contributed by atoms with van der Waals surface area (Å²) in [5, 5.41) is 0.591. The van der Waals surface area contributed by atoms with Crippen molar-refractivity contribution in [2.75, 3.05) is 0 Å². The van der Waals surface area contributed by atoms with Crippen LogP contribution in [0.5, 0.6) is 5.88 Å². The van der Waals surface area contributed by atoms with Gasteiger partial charge in [0.1, 0.15) is 11.6 Å². The van der Waals surface area contributed by atoms with Gasteiger partial charge in [-0.05, 0) is 25.7 Å². The Kier molecular flexibility index (Phi) is 2.47. The fraction of sp³-hybridized carbons (Fsp3) is 0.500. The third-order valence-corrected chi connectivity index (χ3v) is 3.48. The minimum atomic E-state index is 0.212. The Labute approximate surface area is 105 Å². The lowest BCUT2D eigenvalue weighted by atomic mass is 10.3. The van der Waals surface area contributed by atoms with Crippen LogP contribution < -0.4 is 4.74 Å². The number of ether oxygens (including phenoxy) is 1. The highest BCUT2D eigenvalue weighted by molar-refractivity contribution is 6.34. The van der Waals surface area contributed by atoms with Gasteiger partial charge in [-0.1, -0.05) is 11.6 Å². The van der Waals surface area contributed by atoms with Crippen molar-refractivity contribution in [3.05, 3.63) is 17.4 Å². The molecule has 3 rings (SSSR count). The quantitative estimate of drug-likeness (QED) is 0.842. The van der Waals surface area contributed by atoms with Gasteiger partial charge in [-0.15, -0.1) is 0 Å². The molecule has 2 aromatic rings. The zero-order valence-electron chi connectivity index (χ0n) is 9.85. The van der Waals surface area contributed by atoms with E-state index in [1.165, 1.54) is 12.8 Å². The van der Waals surface area contributed by atoms with E-state index in [-0.39, 0.29) is 6.10 Å². The van der Waals surface area contributed by atoms with Crippen LogP contribution in [0, 0.1) is 5.92 Å². The SMILES string of the molecule is CC(Oc1cc(Cl)c2ncn(C)c2n1)C1CC1. The second-order valence-corrected chi connectivity index (χ2v) is 5.04. The van der Waals surface area contributed by atoms with Crippen LogP contribution in [0.25, 0.3) is 11.2 Å². The molecule has 1 unspecified atom stereocenters. The van der Waals surface area contributed by atoms with Gasteiger partial charge in [0.25, 0.3) is 0 Å². The maximum atomic E-state index is 6.16. The van der Waals surface area contributed by atoms with E-state index in [1.807, 2.05) is 11.6 Å². The van der Waals surface area contributed by atoms with Crippen molar-refractivity contribution >= 4 is 22.8 Å². The molecule has 5 heteroatoms. The average Bonchev–Trinajstić information content (AvgIpc) is 3.05. The first-order valence-electron chi connectivity index (χ1n) is 5.79. The van der Waals surface area contributed by atoms with E-state index >= 15 is 0 Å². The van der Waals surface area contributed by atoms with E-state index in [4.69, 9.17) is 16.3 Å².